The first-order valence-corrected chi connectivity index (χ1v) is 3.56. The average molecular weight is 170 g/mol. The number of nitrogens with zero attached hydrogens (tertiary/aromatic N) is 1. The zero-order valence-electron chi connectivity index (χ0n) is 6.08. The minimum absolute atomic E-state index is 0.500. The molecule has 0 amide bonds. The molecule has 0 atom stereocenters. The highest BCUT2D eigenvalue weighted by molar-refractivity contribution is 6.31. The molecule has 0 heterocycles. The van der Waals surface area contributed by atoms with Crippen molar-refractivity contribution in [2.45, 2.75) is 6.92 Å². The lowest BCUT2D eigenvalue weighted by molar-refractivity contribution is 0.302. The Morgan fingerprint density at radius 1 is 1.27 bits per heavy atom. The Kier molecular flexibility index (Phi) is 2.49. The molecule has 0 aliphatic carbocycles. The van der Waals surface area contributed by atoms with Crippen molar-refractivity contribution in [2.24, 2.45) is 5.16 Å². The second-order valence-corrected chi connectivity index (χ2v) is 2.63. The van der Waals surface area contributed by atoms with E-state index in [4.69, 9.17) is 16.8 Å². The second-order valence-electron chi connectivity index (χ2n) is 2.22. The molecule has 0 spiro atoms. The van der Waals surface area contributed by atoms with Gasteiger partial charge in [0.15, 0.2) is 0 Å². The van der Waals surface area contributed by atoms with E-state index in [0.29, 0.717) is 10.4 Å². The summed E-state index contributed by atoms with van der Waals surface area (Å²) in [6.07, 6.45) is 0. The fourth-order valence-electron chi connectivity index (χ4n) is 0.702. The summed E-state index contributed by atoms with van der Waals surface area (Å²) in [5, 5.41) is 12.6. The molecule has 0 aromatic heterocycles. The van der Waals surface area contributed by atoms with Crippen molar-refractivity contribution in [3.8, 4) is 0 Å². The summed E-state index contributed by atoms with van der Waals surface area (Å²) in [4.78, 5) is 0. The largest absolute Gasteiger partial charge is 0.410 e. The molecule has 1 rings (SSSR count). The van der Waals surface area contributed by atoms with Gasteiger partial charge in [0, 0.05) is 5.02 Å². The van der Waals surface area contributed by atoms with Crippen LogP contribution >= 0.6 is 11.6 Å². The van der Waals surface area contributed by atoms with Crippen LogP contribution < -0.4 is 5.36 Å². The summed E-state index contributed by atoms with van der Waals surface area (Å²) >= 11 is 5.80. The lowest BCUT2D eigenvalue weighted by Crippen LogP contribution is -1.93. The molecular formula is C8H8ClNO. The summed E-state index contributed by atoms with van der Waals surface area (Å²) in [5.41, 5.74) is 0.960. The van der Waals surface area contributed by atoms with E-state index in [2.05, 4.69) is 5.16 Å². The minimum Gasteiger partial charge on any atom is -0.410 e. The number of rotatable bonds is 0. The second kappa shape index (κ2) is 3.39. The highest BCUT2D eigenvalue weighted by Gasteiger charge is 1.88. The van der Waals surface area contributed by atoms with Gasteiger partial charge in [-0.1, -0.05) is 22.8 Å². The molecule has 0 bridgehead atoms. The Hall–Kier alpha value is -1.02. The van der Waals surface area contributed by atoms with Crippen LogP contribution in [-0.4, -0.2) is 5.21 Å². The zero-order valence-corrected chi connectivity index (χ0v) is 6.84. The Balaban J connectivity index is 3.40. The third-order valence-electron chi connectivity index (χ3n) is 1.40. The fraction of sp³-hybridized carbons (Fsp3) is 0.125. The summed E-state index contributed by atoms with van der Waals surface area (Å²) in [6.45, 7) is 1.89. The molecule has 2 nitrogen and oxygen atoms in total. The van der Waals surface area contributed by atoms with Crippen LogP contribution in [0, 0.1) is 6.92 Å². The Morgan fingerprint density at radius 3 is 2.55 bits per heavy atom. The molecule has 0 aliphatic rings. The van der Waals surface area contributed by atoms with Gasteiger partial charge in [-0.25, -0.2) is 0 Å². The number of halogens is 1. The van der Waals surface area contributed by atoms with Gasteiger partial charge in [-0.2, -0.15) is 0 Å². The van der Waals surface area contributed by atoms with Gasteiger partial charge in [0.2, 0.25) is 0 Å². The first kappa shape index (κ1) is 8.08. The summed E-state index contributed by atoms with van der Waals surface area (Å²) < 4.78 is 0. The van der Waals surface area contributed by atoms with Gasteiger partial charge in [-0.3, -0.25) is 0 Å². The van der Waals surface area contributed by atoms with Gasteiger partial charge in [-0.05, 0) is 30.7 Å². The molecule has 0 unspecified atom stereocenters. The van der Waals surface area contributed by atoms with Crippen molar-refractivity contribution >= 4 is 11.6 Å². The van der Waals surface area contributed by atoms with Crippen LogP contribution in [0.4, 0.5) is 0 Å². The third kappa shape index (κ3) is 1.95. The number of hydrogen-bond acceptors (Lipinski definition) is 2. The maximum atomic E-state index is 8.41. The van der Waals surface area contributed by atoms with Crippen LogP contribution in [0.1, 0.15) is 5.56 Å². The maximum Gasteiger partial charge on any atom is 0.102 e. The summed E-state index contributed by atoms with van der Waals surface area (Å²) in [5.74, 6) is 0. The first-order valence-electron chi connectivity index (χ1n) is 3.18. The van der Waals surface area contributed by atoms with E-state index in [0.717, 1.165) is 5.56 Å². The predicted molar refractivity (Wildman–Crippen MR) is 43.5 cm³/mol. The van der Waals surface area contributed by atoms with Gasteiger partial charge in [0.1, 0.15) is 5.36 Å². The number of hydrogen-bond donors (Lipinski definition) is 1. The highest BCUT2D eigenvalue weighted by atomic mass is 35.5. The van der Waals surface area contributed by atoms with Crippen LogP contribution in [0.15, 0.2) is 29.4 Å². The van der Waals surface area contributed by atoms with Crippen molar-refractivity contribution < 1.29 is 5.21 Å². The summed E-state index contributed by atoms with van der Waals surface area (Å²) in [6, 6.07) is 6.85. The van der Waals surface area contributed by atoms with Crippen molar-refractivity contribution in [1.29, 1.82) is 0 Å². The minimum atomic E-state index is 0.500. The maximum absolute atomic E-state index is 8.41. The van der Waals surface area contributed by atoms with Crippen LogP contribution in [0.5, 0.6) is 0 Å². The standard InChI is InChI=1S/C8H8ClNO/c1-6-2-3-7(10-11)4-5-8(6)9/h2-5,11H,1H3/b10-7+. The van der Waals surface area contributed by atoms with E-state index in [-0.39, 0.29) is 0 Å². The molecule has 11 heavy (non-hydrogen) atoms. The monoisotopic (exact) mass is 169 g/mol. The molecule has 0 aliphatic heterocycles. The fourth-order valence-corrected chi connectivity index (χ4v) is 0.828. The highest BCUT2D eigenvalue weighted by Crippen LogP contribution is 2.09. The van der Waals surface area contributed by atoms with Crippen LogP contribution in [0.3, 0.4) is 0 Å². The van der Waals surface area contributed by atoms with Crippen LogP contribution in [-0.2, 0) is 0 Å². The molecule has 1 aromatic carbocycles. The Bertz CT molecular complexity index is 294. The molecule has 0 radical (unpaired) electrons. The third-order valence-corrected chi connectivity index (χ3v) is 1.82. The van der Waals surface area contributed by atoms with Crippen molar-refractivity contribution in [2.75, 3.05) is 0 Å². The zero-order chi connectivity index (χ0) is 8.27. The smallest absolute Gasteiger partial charge is 0.102 e. The quantitative estimate of drug-likeness (QED) is 0.467. The molecule has 1 aromatic rings. The van der Waals surface area contributed by atoms with Gasteiger partial charge < -0.3 is 5.21 Å². The molecule has 1 N–H and O–H groups in total. The van der Waals surface area contributed by atoms with E-state index in [1.165, 1.54) is 0 Å². The summed E-state index contributed by atoms with van der Waals surface area (Å²) in [7, 11) is 0. The Morgan fingerprint density at radius 2 is 1.91 bits per heavy atom. The normalized spacial score (nSPS) is 11.6. The molecule has 0 saturated carbocycles. The number of aryl methyl sites for hydroxylation is 1. The van der Waals surface area contributed by atoms with Crippen LogP contribution in [0.2, 0.25) is 5.02 Å². The average Bonchev–Trinajstić information content (AvgIpc) is 2.16. The van der Waals surface area contributed by atoms with Gasteiger partial charge in [0.05, 0.1) is 0 Å². The van der Waals surface area contributed by atoms with E-state index in [9.17, 15) is 0 Å². The lowest BCUT2D eigenvalue weighted by atomic mass is 10.3. The van der Waals surface area contributed by atoms with Gasteiger partial charge >= 0.3 is 0 Å². The van der Waals surface area contributed by atoms with Crippen molar-refractivity contribution in [3.05, 3.63) is 40.2 Å². The molecule has 58 valence electrons. The Labute approximate surface area is 69.8 Å². The SMILES string of the molecule is Cc1cc/c(=N\O)ccc1Cl. The first-order chi connectivity index (χ1) is 5.24. The lowest BCUT2D eigenvalue weighted by Gasteiger charge is -1.84. The molecular weight excluding hydrogens is 162 g/mol. The topological polar surface area (TPSA) is 32.6 Å². The van der Waals surface area contributed by atoms with Gasteiger partial charge in [0.25, 0.3) is 0 Å². The van der Waals surface area contributed by atoms with E-state index in [1.807, 2.05) is 6.92 Å². The van der Waals surface area contributed by atoms with Crippen LogP contribution in [0.25, 0.3) is 0 Å². The molecule has 0 fully saturated rings. The van der Waals surface area contributed by atoms with E-state index >= 15 is 0 Å². The predicted octanol–water partition coefficient (Wildman–Crippen LogP) is 1.94. The van der Waals surface area contributed by atoms with E-state index in [1.54, 1.807) is 24.3 Å². The van der Waals surface area contributed by atoms with Crippen molar-refractivity contribution in [1.82, 2.24) is 0 Å². The van der Waals surface area contributed by atoms with Crippen molar-refractivity contribution in [3.63, 3.8) is 0 Å². The van der Waals surface area contributed by atoms with E-state index < -0.39 is 0 Å². The molecule has 3 heteroatoms. The van der Waals surface area contributed by atoms with Gasteiger partial charge in [-0.15, -0.1) is 0 Å². The molecule has 0 saturated heterocycles.